The van der Waals surface area contributed by atoms with E-state index in [9.17, 15) is 19.5 Å². The van der Waals surface area contributed by atoms with E-state index in [1.54, 1.807) is 11.3 Å². The molecule has 15 heteroatoms. The molecule has 3 aromatic carbocycles. The fourth-order valence-electron chi connectivity index (χ4n) is 7.99. The van der Waals surface area contributed by atoms with Crippen LogP contribution in [0.4, 0.5) is 5.69 Å². The molecule has 2 aliphatic heterocycles. The molecular weight excluding hydrogens is 812 g/mol. The number of nitrogens with zero attached hydrogens (tertiary/aromatic N) is 5. The fraction of sp³-hybridized carbons (Fsp3) is 0.391. The van der Waals surface area contributed by atoms with Crippen molar-refractivity contribution < 1.29 is 24.2 Å². The number of carbonyl (C=O) groups excluding carboxylic acids is 3. The molecular formula is C46H53ClN8O5S. The van der Waals surface area contributed by atoms with E-state index in [1.807, 2.05) is 104 Å². The van der Waals surface area contributed by atoms with E-state index < -0.39 is 6.04 Å². The van der Waals surface area contributed by atoms with Crippen molar-refractivity contribution in [2.75, 3.05) is 25.1 Å². The summed E-state index contributed by atoms with van der Waals surface area (Å²) in [6, 6.07) is 20.0. The van der Waals surface area contributed by atoms with Gasteiger partial charge in [0.2, 0.25) is 17.7 Å². The number of amides is 3. The molecule has 0 saturated carbocycles. The highest BCUT2D eigenvalue weighted by atomic mass is 35.5. The number of benzene rings is 3. The van der Waals surface area contributed by atoms with Crippen molar-refractivity contribution in [2.24, 2.45) is 10.9 Å². The van der Waals surface area contributed by atoms with Gasteiger partial charge in [0.1, 0.15) is 35.3 Å². The number of hydrogen-bond donors (Lipinski definition) is 4. The fourth-order valence-corrected chi connectivity index (χ4v) is 9.33. The Hall–Kier alpha value is -5.57. The third kappa shape index (κ3) is 9.82. The number of aryl methyl sites for hydroxylation is 2. The smallest absolute Gasteiger partial charge is 0.243 e. The molecule has 320 valence electrons. The van der Waals surface area contributed by atoms with Gasteiger partial charge >= 0.3 is 0 Å². The van der Waals surface area contributed by atoms with Gasteiger partial charge in [-0.25, -0.2) is 0 Å². The summed E-state index contributed by atoms with van der Waals surface area (Å²) in [5.74, 6) is 1.70. The molecule has 3 atom stereocenters. The van der Waals surface area contributed by atoms with Gasteiger partial charge in [-0.15, -0.1) is 21.5 Å². The van der Waals surface area contributed by atoms with Crippen molar-refractivity contribution in [3.8, 4) is 10.8 Å². The zero-order valence-electron chi connectivity index (χ0n) is 35.4. The van der Waals surface area contributed by atoms with Crippen molar-refractivity contribution in [2.45, 2.75) is 91.6 Å². The van der Waals surface area contributed by atoms with E-state index in [4.69, 9.17) is 21.3 Å². The summed E-state index contributed by atoms with van der Waals surface area (Å²) in [4.78, 5) is 47.5. The van der Waals surface area contributed by atoms with Gasteiger partial charge in [-0.1, -0.05) is 67.9 Å². The van der Waals surface area contributed by atoms with Crippen LogP contribution in [-0.4, -0.2) is 75.6 Å². The Morgan fingerprint density at radius 3 is 2.46 bits per heavy atom. The Morgan fingerprint density at radius 1 is 1.00 bits per heavy atom. The minimum absolute atomic E-state index is 0.0610. The molecule has 13 nitrogen and oxygen atoms in total. The molecule has 61 heavy (non-hydrogen) atoms. The number of halogens is 1. The average Bonchev–Trinajstić information content (AvgIpc) is 3.72. The van der Waals surface area contributed by atoms with Gasteiger partial charge in [0, 0.05) is 59.3 Å². The first-order valence-electron chi connectivity index (χ1n) is 20.7. The molecule has 2 aromatic heterocycles. The minimum Gasteiger partial charge on any atom is -0.489 e. The van der Waals surface area contributed by atoms with Gasteiger partial charge in [0.25, 0.3) is 0 Å². The van der Waals surface area contributed by atoms with Gasteiger partial charge in [0.05, 0.1) is 24.8 Å². The number of nitrogens with one attached hydrogen (secondary N) is 3. The van der Waals surface area contributed by atoms with Crippen LogP contribution in [0, 0.1) is 26.7 Å². The number of carbonyl (C=O) groups is 3. The maximum Gasteiger partial charge on any atom is 0.243 e. The molecule has 7 rings (SSSR count). The maximum absolute atomic E-state index is 13.3. The highest BCUT2D eigenvalue weighted by molar-refractivity contribution is 7.15. The number of aromatic nitrogens is 3. The Balaban J connectivity index is 0.889. The molecule has 2 aliphatic rings. The van der Waals surface area contributed by atoms with E-state index >= 15 is 0 Å². The summed E-state index contributed by atoms with van der Waals surface area (Å²) in [5.41, 5.74) is 7.69. The summed E-state index contributed by atoms with van der Waals surface area (Å²) in [6.45, 7) is 11.1. The summed E-state index contributed by atoms with van der Waals surface area (Å²) in [6.07, 6.45) is 1.34. The topological polar surface area (TPSA) is 163 Å². The second kappa shape index (κ2) is 19.0. The van der Waals surface area contributed by atoms with Crippen LogP contribution in [-0.2, 0) is 34.0 Å². The third-order valence-electron chi connectivity index (χ3n) is 11.3. The number of rotatable bonds is 14. The van der Waals surface area contributed by atoms with E-state index in [2.05, 4.69) is 40.0 Å². The largest absolute Gasteiger partial charge is 0.489 e. The summed E-state index contributed by atoms with van der Waals surface area (Å²) in [7, 11) is 1.92. The standard InChI is InChI=1S/C46H53ClN8O5S/c1-26(2)43-45(59)50-35(24-56)20-33-15-18-36(21-38(33)54(43)6)60-25-31-11-9-30(10-12-31)23-49-39(57)8-7-19-48-40(58)22-37-44-53-52-29(5)55(44)46-41(27(3)28(4)61-46)42(51-37)32-13-16-34(47)17-14-32/h9-18,21,26,35,37,43,56H,7-8,19-20,22-25H2,1-6H3,(H,48,58)(H,49,57)(H,50,59). The number of likely N-dealkylation sites (N-methyl/N-ethyl adjacent to an activating group) is 1. The van der Waals surface area contributed by atoms with E-state index in [0.717, 1.165) is 55.6 Å². The quantitative estimate of drug-likeness (QED) is 0.0924. The number of aliphatic imine (C=N–C) groups is 1. The lowest BCUT2D eigenvalue weighted by molar-refractivity contribution is -0.124. The molecule has 3 amide bonds. The normalized spacial score (nSPS) is 17.3. The SMILES string of the molecule is Cc1sc2c(c1C)C(c1ccc(Cl)cc1)=NC(CC(=O)NCCCC(=O)NCc1ccc(COc3ccc4c(c3)N(C)C(C(C)C)C(=O)NC(CO)C4)cc1)c1nnc(C)n1-2. The van der Waals surface area contributed by atoms with Crippen LogP contribution >= 0.6 is 22.9 Å². The summed E-state index contributed by atoms with van der Waals surface area (Å²) in [5, 5.41) is 29.3. The highest BCUT2D eigenvalue weighted by Gasteiger charge is 2.34. The first-order chi connectivity index (χ1) is 29.3. The third-order valence-corrected chi connectivity index (χ3v) is 12.8. The van der Waals surface area contributed by atoms with Crippen molar-refractivity contribution in [1.29, 1.82) is 0 Å². The number of anilines is 1. The first kappa shape index (κ1) is 43.5. The van der Waals surface area contributed by atoms with E-state index in [0.29, 0.717) is 49.1 Å². The molecule has 0 radical (unpaired) electrons. The second-order valence-corrected chi connectivity index (χ2v) is 17.8. The highest BCUT2D eigenvalue weighted by Crippen LogP contribution is 2.40. The molecule has 0 saturated heterocycles. The lowest BCUT2D eigenvalue weighted by atomic mass is 9.95. The summed E-state index contributed by atoms with van der Waals surface area (Å²) < 4.78 is 8.20. The second-order valence-electron chi connectivity index (χ2n) is 16.1. The molecule has 0 aliphatic carbocycles. The van der Waals surface area contributed by atoms with Crippen LogP contribution in [0.25, 0.3) is 5.00 Å². The number of aliphatic hydroxyl groups excluding tert-OH is 1. The van der Waals surface area contributed by atoms with Gasteiger partial charge in [-0.2, -0.15) is 0 Å². The molecule has 0 bridgehead atoms. The molecule has 0 spiro atoms. The lowest BCUT2D eigenvalue weighted by Crippen LogP contribution is -2.54. The molecule has 4 heterocycles. The Labute approximate surface area is 365 Å². The van der Waals surface area contributed by atoms with Crippen molar-refractivity contribution in [3.63, 3.8) is 0 Å². The predicted octanol–water partition coefficient (Wildman–Crippen LogP) is 6.48. The van der Waals surface area contributed by atoms with Crippen LogP contribution in [0.2, 0.25) is 5.02 Å². The summed E-state index contributed by atoms with van der Waals surface area (Å²) >= 11 is 7.89. The van der Waals surface area contributed by atoms with E-state index in [1.165, 1.54) is 4.88 Å². The molecule has 5 aromatic rings. The number of hydrogen-bond acceptors (Lipinski definition) is 10. The molecule has 3 unspecified atom stereocenters. The Kier molecular flexibility index (Phi) is 13.6. The number of aliphatic hydroxyl groups is 1. The zero-order valence-corrected chi connectivity index (χ0v) is 37.0. The Bertz CT molecular complexity index is 2430. The van der Waals surface area contributed by atoms with Crippen LogP contribution in [0.15, 0.2) is 71.7 Å². The van der Waals surface area contributed by atoms with Gasteiger partial charge in [0.15, 0.2) is 5.82 Å². The minimum atomic E-state index is -0.572. The predicted molar refractivity (Wildman–Crippen MR) is 239 cm³/mol. The van der Waals surface area contributed by atoms with Gasteiger partial charge < -0.3 is 30.7 Å². The maximum atomic E-state index is 13.3. The van der Waals surface area contributed by atoms with Crippen molar-refractivity contribution in [1.82, 2.24) is 30.7 Å². The monoisotopic (exact) mass is 864 g/mol. The molecule has 0 fully saturated rings. The van der Waals surface area contributed by atoms with Crippen molar-refractivity contribution >= 4 is 52.1 Å². The average molecular weight is 866 g/mol. The lowest BCUT2D eigenvalue weighted by Gasteiger charge is -2.37. The Morgan fingerprint density at radius 2 is 1.74 bits per heavy atom. The van der Waals surface area contributed by atoms with Crippen LogP contribution < -0.4 is 25.6 Å². The number of fused-ring (bicyclic) bond motifs is 4. The number of thiophene rings is 1. The first-order valence-corrected chi connectivity index (χ1v) is 21.9. The van der Waals surface area contributed by atoms with E-state index in [-0.39, 0.29) is 55.2 Å². The van der Waals surface area contributed by atoms with Gasteiger partial charge in [-0.3, -0.25) is 23.9 Å². The van der Waals surface area contributed by atoms with Gasteiger partial charge in [-0.05, 0) is 80.0 Å². The van der Waals surface area contributed by atoms with Crippen LogP contribution in [0.3, 0.4) is 0 Å². The van der Waals surface area contributed by atoms with Crippen molar-refractivity contribution in [3.05, 3.63) is 122 Å². The zero-order chi connectivity index (χ0) is 43.4. The molecule has 4 N–H and O–H groups in total. The van der Waals surface area contributed by atoms with Crippen LogP contribution in [0.1, 0.15) is 89.1 Å². The number of ether oxygens (including phenoxy) is 1. The van der Waals surface area contributed by atoms with Crippen LogP contribution in [0.5, 0.6) is 5.75 Å².